The van der Waals surface area contributed by atoms with Gasteiger partial charge in [-0.3, -0.25) is 4.79 Å². The van der Waals surface area contributed by atoms with E-state index in [9.17, 15) is 4.79 Å². The van der Waals surface area contributed by atoms with Crippen LogP contribution < -0.4 is 5.32 Å². The number of carbonyl (C=O) groups is 1. The first-order chi connectivity index (χ1) is 5.34. The SMILES string of the molecule is C#CCNC(=O)[C@H]1CCCO1. The van der Waals surface area contributed by atoms with Crippen LogP contribution in [0.15, 0.2) is 0 Å². The molecule has 3 heteroatoms. The highest BCUT2D eigenvalue weighted by atomic mass is 16.5. The summed E-state index contributed by atoms with van der Waals surface area (Å²) in [4.78, 5) is 11.1. The number of nitrogens with one attached hydrogen (secondary N) is 1. The van der Waals surface area contributed by atoms with Gasteiger partial charge in [0.05, 0.1) is 6.54 Å². The Labute approximate surface area is 66.1 Å². The standard InChI is InChI=1S/C8H11NO2/c1-2-5-9-8(10)7-4-3-6-11-7/h1,7H,3-6H2,(H,9,10)/t7-/m1/s1. The highest BCUT2D eigenvalue weighted by molar-refractivity contribution is 5.81. The lowest BCUT2D eigenvalue weighted by Crippen LogP contribution is -2.34. The first kappa shape index (κ1) is 8.09. The summed E-state index contributed by atoms with van der Waals surface area (Å²) in [6.07, 6.45) is 6.49. The molecule has 1 heterocycles. The fourth-order valence-electron chi connectivity index (χ4n) is 1.04. The number of hydrogen-bond donors (Lipinski definition) is 1. The van der Waals surface area contributed by atoms with Gasteiger partial charge < -0.3 is 10.1 Å². The number of terminal acetylenes is 1. The third-order valence-corrected chi connectivity index (χ3v) is 1.59. The van der Waals surface area contributed by atoms with Crippen LogP contribution in [0.2, 0.25) is 0 Å². The molecule has 1 atom stereocenters. The molecular weight excluding hydrogens is 142 g/mol. The number of hydrogen-bond acceptors (Lipinski definition) is 2. The third kappa shape index (κ3) is 2.24. The second kappa shape index (κ2) is 3.99. The molecule has 3 nitrogen and oxygen atoms in total. The molecule has 0 aromatic carbocycles. The molecule has 1 rings (SSSR count). The lowest BCUT2D eigenvalue weighted by atomic mass is 10.2. The summed E-state index contributed by atoms with van der Waals surface area (Å²) in [6, 6.07) is 0. The first-order valence-electron chi connectivity index (χ1n) is 3.67. The lowest BCUT2D eigenvalue weighted by molar-refractivity contribution is -0.129. The van der Waals surface area contributed by atoms with E-state index in [1.807, 2.05) is 0 Å². The summed E-state index contributed by atoms with van der Waals surface area (Å²) in [5.74, 6) is 2.25. The maximum atomic E-state index is 11.1. The highest BCUT2D eigenvalue weighted by Crippen LogP contribution is 2.11. The van der Waals surface area contributed by atoms with E-state index < -0.39 is 0 Å². The van der Waals surface area contributed by atoms with Gasteiger partial charge in [0.15, 0.2) is 0 Å². The molecule has 0 unspecified atom stereocenters. The molecule has 60 valence electrons. The Hall–Kier alpha value is -1.01. The van der Waals surface area contributed by atoms with E-state index in [0.29, 0.717) is 13.2 Å². The summed E-state index contributed by atoms with van der Waals surface area (Å²) >= 11 is 0. The van der Waals surface area contributed by atoms with Crippen molar-refractivity contribution in [3.05, 3.63) is 0 Å². The van der Waals surface area contributed by atoms with Gasteiger partial charge in [0.2, 0.25) is 5.91 Å². The van der Waals surface area contributed by atoms with Gasteiger partial charge in [-0.05, 0) is 12.8 Å². The monoisotopic (exact) mass is 153 g/mol. The molecule has 0 radical (unpaired) electrons. The van der Waals surface area contributed by atoms with Gasteiger partial charge in [-0.25, -0.2) is 0 Å². The topological polar surface area (TPSA) is 38.3 Å². The minimum Gasteiger partial charge on any atom is -0.368 e. The van der Waals surface area contributed by atoms with Crippen LogP contribution in [-0.2, 0) is 9.53 Å². The van der Waals surface area contributed by atoms with Crippen LogP contribution >= 0.6 is 0 Å². The lowest BCUT2D eigenvalue weighted by Gasteiger charge is -2.07. The first-order valence-corrected chi connectivity index (χ1v) is 3.67. The van der Waals surface area contributed by atoms with Crippen molar-refractivity contribution in [3.63, 3.8) is 0 Å². The summed E-state index contributed by atoms with van der Waals surface area (Å²) in [5.41, 5.74) is 0. The molecule has 1 N–H and O–H groups in total. The van der Waals surface area contributed by atoms with Crippen molar-refractivity contribution in [2.75, 3.05) is 13.2 Å². The van der Waals surface area contributed by atoms with Crippen molar-refractivity contribution in [2.45, 2.75) is 18.9 Å². The number of amides is 1. The molecule has 0 saturated carbocycles. The Balaban J connectivity index is 2.24. The summed E-state index contributed by atoms with van der Waals surface area (Å²) in [6.45, 7) is 0.979. The Morgan fingerprint density at radius 1 is 1.82 bits per heavy atom. The second-order valence-electron chi connectivity index (χ2n) is 2.42. The van der Waals surface area contributed by atoms with Gasteiger partial charge in [0.25, 0.3) is 0 Å². The van der Waals surface area contributed by atoms with Gasteiger partial charge in [0.1, 0.15) is 6.10 Å². The van der Waals surface area contributed by atoms with Gasteiger partial charge in [-0.15, -0.1) is 6.42 Å². The van der Waals surface area contributed by atoms with Crippen molar-refractivity contribution in [1.82, 2.24) is 5.32 Å². The Bertz CT molecular complexity index is 177. The largest absolute Gasteiger partial charge is 0.368 e. The highest BCUT2D eigenvalue weighted by Gasteiger charge is 2.22. The van der Waals surface area contributed by atoms with Gasteiger partial charge >= 0.3 is 0 Å². The van der Waals surface area contributed by atoms with E-state index in [4.69, 9.17) is 11.2 Å². The zero-order valence-corrected chi connectivity index (χ0v) is 6.30. The Kier molecular flexibility index (Phi) is 2.94. The van der Waals surface area contributed by atoms with Crippen molar-refractivity contribution < 1.29 is 9.53 Å². The molecule has 1 fully saturated rings. The average Bonchev–Trinajstić information content (AvgIpc) is 2.52. The normalized spacial score (nSPS) is 22.6. The van der Waals surface area contributed by atoms with Crippen molar-refractivity contribution in [1.29, 1.82) is 0 Å². The predicted molar refractivity (Wildman–Crippen MR) is 40.8 cm³/mol. The van der Waals surface area contributed by atoms with Crippen molar-refractivity contribution >= 4 is 5.91 Å². The zero-order valence-electron chi connectivity index (χ0n) is 6.30. The van der Waals surface area contributed by atoms with Gasteiger partial charge in [0, 0.05) is 6.61 Å². The van der Waals surface area contributed by atoms with E-state index in [-0.39, 0.29) is 12.0 Å². The fraction of sp³-hybridized carbons (Fsp3) is 0.625. The van der Waals surface area contributed by atoms with E-state index >= 15 is 0 Å². The molecule has 1 aliphatic heterocycles. The minimum atomic E-state index is -0.261. The molecular formula is C8H11NO2. The van der Waals surface area contributed by atoms with E-state index in [1.165, 1.54) is 0 Å². The molecule has 0 bridgehead atoms. The van der Waals surface area contributed by atoms with Crippen LogP contribution in [0.25, 0.3) is 0 Å². The van der Waals surface area contributed by atoms with E-state index in [0.717, 1.165) is 12.8 Å². The van der Waals surface area contributed by atoms with Crippen LogP contribution in [0.1, 0.15) is 12.8 Å². The van der Waals surface area contributed by atoms with Crippen molar-refractivity contribution in [3.8, 4) is 12.3 Å². The molecule has 1 saturated heterocycles. The average molecular weight is 153 g/mol. The Morgan fingerprint density at radius 3 is 3.18 bits per heavy atom. The molecule has 0 spiro atoms. The zero-order chi connectivity index (χ0) is 8.10. The molecule has 0 aromatic rings. The smallest absolute Gasteiger partial charge is 0.249 e. The number of rotatable bonds is 2. The van der Waals surface area contributed by atoms with E-state index in [2.05, 4.69) is 11.2 Å². The van der Waals surface area contributed by atoms with Crippen LogP contribution in [-0.4, -0.2) is 25.2 Å². The third-order valence-electron chi connectivity index (χ3n) is 1.59. The quantitative estimate of drug-likeness (QED) is 0.563. The fourth-order valence-corrected chi connectivity index (χ4v) is 1.04. The molecule has 11 heavy (non-hydrogen) atoms. The molecule has 1 amide bonds. The van der Waals surface area contributed by atoms with E-state index in [1.54, 1.807) is 0 Å². The van der Waals surface area contributed by atoms with Crippen molar-refractivity contribution in [2.24, 2.45) is 0 Å². The minimum absolute atomic E-state index is 0.0829. The summed E-state index contributed by atoms with van der Waals surface area (Å²) in [7, 11) is 0. The number of ether oxygens (including phenoxy) is 1. The molecule has 0 aromatic heterocycles. The van der Waals surface area contributed by atoms with Crippen LogP contribution in [0.5, 0.6) is 0 Å². The molecule has 0 aliphatic carbocycles. The van der Waals surface area contributed by atoms with Gasteiger partial charge in [-0.1, -0.05) is 5.92 Å². The number of carbonyl (C=O) groups excluding carboxylic acids is 1. The van der Waals surface area contributed by atoms with Crippen LogP contribution in [0.3, 0.4) is 0 Å². The Morgan fingerprint density at radius 2 is 2.64 bits per heavy atom. The summed E-state index contributed by atoms with van der Waals surface area (Å²) < 4.78 is 5.13. The maximum absolute atomic E-state index is 11.1. The van der Waals surface area contributed by atoms with Crippen LogP contribution in [0.4, 0.5) is 0 Å². The molecule has 1 aliphatic rings. The van der Waals surface area contributed by atoms with Gasteiger partial charge in [-0.2, -0.15) is 0 Å². The second-order valence-corrected chi connectivity index (χ2v) is 2.42. The predicted octanol–water partition coefficient (Wildman–Crippen LogP) is -0.0852. The maximum Gasteiger partial charge on any atom is 0.249 e. The van der Waals surface area contributed by atoms with Crippen LogP contribution in [0, 0.1) is 12.3 Å². The summed E-state index contributed by atoms with van der Waals surface area (Å²) in [5, 5.41) is 2.57.